The van der Waals surface area contributed by atoms with Crippen LogP contribution in [0.25, 0.3) is 0 Å². The van der Waals surface area contributed by atoms with Crippen molar-refractivity contribution < 1.29 is 22.7 Å². The van der Waals surface area contributed by atoms with Gasteiger partial charge in [0.15, 0.2) is 0 Å². The summed E-state index contributed by atoms with van der Waals surface area (Å²) in [6, 6.07) is 3.48. The highest BCUT2D eigenvalue weighted by atomic mass is 32.2. The van der Waals surface area contributed by atoms with Gasteiger partial charge in [-0.05, 0) is 57.2 Å². The Bertz CT molecular complexity index is 1060. The van der Waals surface area contributed by atoms with Crippen LogP contribution in [0.15, 0.2) is 22.4 Å². The Kier molecular flexibility index (Phi) is 8.06. The molecular weight excluding hydrogens is 489 g/mol. The Morgan fingerprint density at radius 2 is 2.06 bits per heavy atom. The fraction of sp³-hybridized carbons (Fsp3) is 0.571. The molecule has 0 saturated carbocycles. The van der Waals surface area contributed by atoms with E-state index < -0.39 is 11.5 Å². The molecule has 13 heteroatoms. The third-order valence-electron chi connectivity index (χ3n) is 5.33. The second-order valence-electron chi connectivity index (χ2n) is 8.46. The first-order chi connectivity index (χ1) is 15.9. The van der Waals surface area contributed by atoms with E-state index in [0.717, 1.165) is 42.0 Å². The molecule has 0 radical (unpaired) electrons. The fourth-order valence-electron chi connectivity index (χ4n) is 4.07. The highest BCUT2D eigenvalue weighted by Gasteiger charge is 2.37. The molecule has 1 aliphatic rings. The van der Waals surface area contributed by atoms with Crippen molar-refractivity contribution in [3.05, 3.63) is 22.7 Å². The molecule has 0 spiro atoms. The highest BCUT2D eigenvalue weighted by molar-refractivity contribution is 8.01. The van der Waals surface area contributed by atoms with Gasteiger partial charge in [-0.15, -0.1) is 20.4 Å². The zero-order valence-corrected chi connectivity index (χ0v) is 21.2. The summed E-state index contributed by atoms with van der Waals surface area (Å²) in [6.07, 6.45) is 1.79. The van der Waals surface area contributed by atoms with E-state index in [1.54, 1.807) is 19.1 Å². The zero-order valence-electron chi connectivity index (χ0n) is 19.6. The summed E-state index contributed by atoms with van der Waals surface area (Å²) in [7, 11) is 0. The quantitative estimate of drug-likeness (QED) is 0.225. The number of anilines is 2. The van der Waals surface area contributed by atoms with E-state index in [1.807, 2.05) is 0 Å². The van der Waals surface area contributed by atoms with Crippen LogP contribution in [0.5, 0.6) is 0 Å². The molecule has 1 N–H and O–H groups in total. The van der Waals surface area contributed by atoms with Crippen molar-refractivity contribution in [3.8, 4) is 0 Å². The van der Waals surface area contributed by atoms with Gasteiger partial charge in [0.25, 0.3) is 5.13 Å². The van der Waals surface area contributed by atoms with Crippen molar-refractivity contribution in [2.45, 2.75) is 64.4 Å². The molecule has 0 bridgehead atoms. The average molecular weight is 517 g/mol. The number of nitrogens with zero attached hydrogens (tertiary/aromatic N) is 5. The number of ether oxygens (including phenoxy) is 1. The summed E-state index contributed by atoms with van der Waals surface area (Å²) in [5.41, 5.74) is -2.31. The largest absolute Gasteiger partial charge is 0.461 e. The summed E-state index contributed by atoms with van der Waals surface area (Å²) in [4.78, 5) is 14.0. The van der Waals surface area contributed by atoms with E-state index in [9.17, 15) is 18.0 Å². The molecule has 3 rings (SSSR count). The van der Waals surface area contributed by atoms with Gasteiger partial charge in [0.05, 0.1) is 24.2 Å². The van der Waals surface area contributed by atoms with Gasteiger partial charge in [0.2, 0.25) is 5.01 Å². The van der Waals surface area contributed by atoms with Crippen molar-refractivity contribution in [3.63, 3.8) is 0 Å². The number of esters is 1. The number of rotatable bonds is 8. The maximum absolute atomic E-state index is 13.0. The summed E-state index contributed by atoms with van der Waals surface area (Å²) in [5, 5.41) is 15.8. The van der Waals surface area contributed by atoms with Gasteiger partial charge in [-0.1, -0.05) is 25.2 Å². The van der Waals surface area contributed by atoms with Gasteiger partial charge in [0.1, 0.15) is 5.69 Å². The normalized spacial score (nSPS) is 17.6. The summed E-state index contributed by atoms with van der Waals surface area (Å²) >= 11 is 0.534. The van der Waals surface area contributed by atoms with Crippen LogP contribution in [0.1, 0.15) is 68.7 Å². The standard InChI is InChI=1S/C21H27F3N6O2S2/c1-6-8-30-16-10-15(29-34-21(22,23)24)14(9-13(16)12(3)11-20(30,4)5)25-27-19-28-26-17(33-19)18(31)32-7-2/h9-10,12,29H,6-8,11H2,1-5H3. The first-order valence-electron chi connectivity index (χ1n) is 10.8. The molecule has 34 heavy (non-hydrogen) atoms. The maximum atomic E-state index is 13.0. The Morgan fingerprint density at radius 3 is 2.71 bits per heavy atom. The van der Waals surface area contributed by atoms with Crippen LogP contribution in [-0.4, -0.2) is 40.4 Å². The lowest BCUT2D eigenvalue weighted by atomic mass is 9.79. The zero-order chi connectivity index (χ0) is 25.1. The summed E-state index contributed by atoms with van der Waals surface area (Å²) in [6.45, 7) is 11.1. The third-order valence-corrected chi connectivity index (χ3v) is 6.68. The number of nitrogens with one attached hydrogen (secondary N) is 1. The van der Waals surface area contributed by atoms with Crippen molar-refractivity contribution in [1.29, 1.82) is 0 Å². The Morgan fingerprint density at radius 1 is 1.32 bits per heavy atom. The van der Waals surface area contributed by atoms with Gasteiger partial charge in [-0.25, -0.2) is 4.79 Å². The molecule has 0 fully saturated rings. The van der Waals surface area contributed by atoms with Gasteiger partial charge < -0.3 is 14.4 Å². The Labute approximate surface area is 204 Å². The summed E-state index contributed by atoms with van der Waals surface area (Å²) in [5.74, 6) is -0.444. The van der Waals surface area contributed by atoms with Crippen molar-refractivity contribution >= 4 is 51.4 Å². The molecule has 2 heterocycles. The average Bonchev–Trinajstić information content (AvgIpc) is 3.22. The number of benzene rings is 1. The molecular formula is C21H27F3N6O2S2. The third kappa shape index (κ3) is 6.17. The number of hydrogen-bond acceptors (Lipinski definition) is 10. The number of aromatic nitrogens is 2. The van der Waals surface area contributed by atoms with E-state index in [1.165, 1.54) is 0 Å². The Hall–Kier alpha value is -2.41. The lowest BCUT2D eigenvalue weighted by Crippen LogP contribution is -2.48. The van der Waals surface area contributed by atoms with Crippen LogP contribution in [0.4, 0.5) is 35.4 Å². The van der Waals surface area contributed by atoms with Gasteiger partial charge in [0, 0.05) is 17.8 Å². The number of carbonyl (C=O) groups is 1. The van der Waals surface area contributed by atoms with E-state index in [2.05, 4.69) is 57.7 Å². The lowest BCUT2D eigenvalue weighted by molar-refractivity contribution is -0.0323. The molecule has 1 aromatic carbocycles. The predicted octanol–water partition coefficient (Wildman–Crippen LogP) is 7.21. The lowest BCUT2D eigenvalue weighted by Gasteiger charge is -2.47. The SMILES string of the molecule is CCCN1c2cc(NSC(F)(F)F)c(N=Nc3nnc(C(=O)OCC)s3)cc2C(C)CC1(C)C. The minimum Gasteiger partial charge on any atom is -0.461 e. The van der Waals surface area contributed by atoms with Crippen molar-refractivity contribution in [2.24, 2.45) is 10.2 Å². The highest BCUT2D eigenvalue weighted by Crippen LogP contribution is 2.48. The molecule has 0 saturated heterocycles. The molecule has 0 amide bonds. The second-order valence-corrected chi connectivity index (χ2v) is 10.3. The van der Waals surface area contributed by atoms with Crippen molar-refractivity contribution in [1.82, 2.24) is 10.2 Å². The molecule has 0 aliphatic carbocycles. The number of halogens is 3. The van der Waals surface area contributed by atoms with Crippen molar-refractivity contribution in [2.75, 3.05) is 22.8 Å². The van der Waals surface area contributed by atoms with E-state index in [0.29, 0.717) is 0 Å². The van der Waals surface area contributed by atoms with Crippen LogP contribution < -0.4 is 9.62 Å². The fourth-order valence-corrected chi connectivity index (χ4v) is 5.02. The number of hydrogen-bond donors (Lipinski definition) is 1. The van der Waals surface area contributed by atoms with Crippen LogP contribution in [-0.2, 0) is 4.74 Å². The smallest absolute Gasteiger partial charge is 0.461 e. The molecule has 2 aromatic rings. The molecule has 186 valence electrons. The summed E-state index contributed by atoms with van der Waals surface area (Å²) < 4.78 is 46.2. The molecule has 1 aliphatic heterocycles. The number of carbonyl (C=O) groups excluding carboxylic acids is 1. The molecule has 8 nitrogen and oxygen atoms in total. The first-order valence-corrected chi connectivity index (χ1v) is 12.5. The number of alkyl halides is 3. The van der Waals surface area contributed by atoms with Crippen LogP contribution in [0, 0.1) is 0 Å². The van der Waals surface area contributed by atoms with Gasteiger partial charge in [-0.3, -0.25) is 0 Å². The maximum Gasteiger partial charge on any atom is 0.461 e. The van der Waals surface area contributed by atoms with Crippen LogP contribution in [0.2, 0.25) is 0 Å². The van der Waals surface area contributed by atoms with Gasteiger partial charge >= 0.3 is 11.5 Å². The minimum atomic E-state index is -4.48. The monoisotopic (exact) mass is 516 g/mol. The number of azo groups is 1. The molecule has 1 atom stereocenters. The topological polar surface area (TPSA) is 92.1 Å². The molecule has 1 aromatic heterocycles. The molecule has 1 unspecified atom stereocenters. The minimum absolute atomic E-state index is 0.0262. The Balaban J connectivity index is 2.01. The van der Waals surface area contributed by atoms with E-state index in [4.69, 9.17) is 4.74 Å². The van der Waals surface area contributed by atoms with Gasteiger partial charge in [-0.2, -0.15) is 13.2 Å². The van der Waals surface area contributed by atoms with Crippen LogP contribution >= 0.6 is 23.3 Å². The van der Waals surface area contributed by atoms with Crippen LogP contribution in [0.3, 0.4) is 0 Å². The van der Waals surface area contributed by atoms with E-state index in [-0.39, 0.29) is 51.5 Å². The predicted molar refractivity (Wildman–Crippen MR) is 129 cm³/mol. The van der Waals surface area contributed by atoms with E-state index >= 15 is 0 Å². The second kappa shape index (κ2) is 10.5. The first kappa shape index (κ1) is 26.2. The number of fused-ring (bicyclic) bond motifs is 1.